The summed E-state index contributed by atoms with van der Waals surface area (Å²) in [5.74, 6) is -1.51. The largest absolute Gasteiger partial charge is 0.468 e. The fourth-order valence-electron chi connectivity index (χ4n) is 0.682. The number of carbonyl (C=O) groups excluding carboxylic acids is 1. The molecule has 0 saturated carbocycles. The van der Waals surface area contributed by atoms with Gasteiger partial charge in [-0.05, 0) is 6.42 Å². The number of hydrogen-bond donors (Lipinski definition) is 0. The van der Waals surface area contributed by atoms with E-state index >= 15 is 0 Å². The van der Waals surface area contributed by atoms with Crippen LogP contribution in [-0.2, 0) is 19.4 Å². The fourth-order valence-corrected chi connectivity index (χ4v) is 1.89. The Morgan fingerprint density at radius 1 is 1.54 bits per heavy atom. The molecule has 6 heteroatoms. The Morgan fingerprint density at radius 2 is 2.15 bits per heavy atom. The zero-order valence-corrected chi connectivity index (χ0v) is 8.13. The molecule has 0 aliphatic heterocycles. The highest BCUT2D eigenvalue weighted by Gasteiger charge is 2.16. The molecule has 0 saturated heterocycles. The number of esters is 1. The third-order valence-electron chi connectivity index (χ3n) is 1.31. The normalized spacial score (nSPS) is 10.5. The van der Waals surface area contributed by atoms with E-state index in [9.17, 15) is 13.2 Å². The lowest BCUT2D eigenvalue weighted by molar-refractivity contribution is -0.137. The lowest BCUT2D eigenvalue weighted by Crippen LogP contribution is -2.19. The van der Waals surface area contributed by atoms with Gasteiger partial charge in [-0.25, -0.2) is 8.42 Å². The molecule has 0 aromatic carbocycles. The van der Waals surface area contributed by atoms with Crippen molar-refractivity contribution in [2.45, 2.75) is 12.8 Å². The summed E-state index contributed by atoms with van der Waals surface area (Å²) in [7, 11) is -2.26. The second-order valence-corrected chi connectivity index (χ2v) is 4.61. The number of sulfone groups is 1. The zero-order chi connectivity index (χ0) is 10.3. The fraction of sp³-hybridized carbons (Fsp3) is 0.714. The molecule has 0 unspecified atom stereocenters. The summed E-state index contributed by atoms with van der Waals surface area (Å²) in [6.07, 6.45) is 0.441. The topological polar surface area (TPSA) is 84.2 Å². The summed E-state index contributed by atoms with van der Waals surface area (Å²) in [6, 6.07) is 1.83. The first-order valence-electron chi connectivity index (χ1n) is 3.66. The van der Waals surface area contributed by atoms with Gasteiger partial charge < -0.3 is 4.74 Å². The Hall–Kier alpha value is -1.09. The number of rotatable bonds is 5. The monoisotopic (exact) mass is 205 g/mol. The van der Waals surface area contributed by atoms with E-state index in [4.69, 9.17) is 5.26 Å². The Bertz CT molecular complexity index is 301. The van der Waals surface area contributed by atoms with Crippen LogP contribution in [0.2, 0.25) is 0 Å². The molecular weight excluding hydrogens is 194 g/mol. The molecule has 0 fully saturated rings. The molecule has 0 rings (SSSR count). The van der Waals surface area contributed by atoms with Crippen molar-refractivity contribution in [3.63, 3.8) is 0 Å². The predicted octanol–water partition coefficient (Wildman–Crippen LogP) is -0.122. The number of methoxy groups -OCH3 is 1. The molecule has 0 aliphatic carbocycles. The first-order chi connectivity index (χ1) is 6.02. The molecule has 0 aliphatic rings. The van der Waals surface area contributed by atoms with Crippen LogP contribution < -0.4 is 0 Å². The molecule has 0 aromatic rings. The molecular formula is C7H11NO4S. The van der Waals surface area contributed by atoms with Gasteiger partial charge in [-0.15, -0.1) is 0 Å². The maximum Gasteiger partial charge on any atom is 0.320 e. The minimum absolute atomic E-state index is 0.143. The van der Waals surface area contributed by atoms with Gasteiger partial charge >= 0.3 is 5.97 Å². The molecule has 0 atom stereocenters. The first kappa shape index (κ1) is 11.9. The number of unbranched alkanes of at least 4 members (excludes halogenated alkanes) is 1. The average molecular weight is 205 g/mol. The molecule has 0 amide bonds. The standard InChI is InChI=1S/C7H11NO4S/c1-12-7(9)6-13(10,11)5-3-2-4-8/h2-3,5-6H2,1H3. The number of hydrogen-bond acceptors (Lipinski definition) is 5. The minimum Gasteiger partial charge on any atom is -0.468 e. The quantitative estimate of drug-likeness (QED) is 0.461. The van der Waals surface area contributed by atoms with Gasteiger partial charge in [-0.1, -0.05) is 0 Å². The molecule has 0 heterocycles. The Morgan fingerprint density at radius 3 is 2.62 bits per heavy atom. The summed E-state index contributed by atoms with van der Waals surface area (Å²) in [4.78, 5) is 10.6. The van der Waals surface area contributed by atoms with Crippen LogP contribution in [0, 0.1) is 11.3 Å². The average Bonchev–Trinajstić information content (AvgIpc) is 2.03. The Labute approximate surface area is 77.2 Å². The van der Waals surface area contributed by atoms with Crippen molar-refractivity contribution >= 4 is 15.8 Å². The molecule has 5 nitrogen and oxygen atoms in total. The van der Waals surface area contributed by atoms with E-state index in [0.717, 1.165) is 7.11 Å². The van der Waals surface area contributed by atoms with Gasteiger partial charge in [0, 0.05) is 6.42 Å². The summed E-state index contributed by atoms with van der Waals surface area (Å²) in [5, 5.41) is 8.15. The maximum atomic E-state index is 11.1. The molecule has 0 aromatic heterocycles. The van der Waals surface area contributed by atoms with Gasteiger partial charge in [0.2, 0.25) is 0 Å². The van der Waals surface area contributed by atoms with Gasteiger partial charge in [-0.2, -0.15) is 5.26 Å². The third kappa shape index (κ3) is 6.11. The third-order valence-corrected chi connectivity index (χ3v) is 2.90. The van der Waals surface area contributed by atoms with E-state index in [1.807, 2.05) is 6.07 Å². The van der Waals surface area contributed by atoms with Gasteiger partial charge in [0.15, 0.2) is 9.84 Å². The van der Waals surface area contributed by atoms with Crippen molar-refractivity contribution < 1.29 is 17.9 Å². The molecule has 0 bridgehead atoms. The molecule has 13 heavy (non-hydrogen) atoms. The Kier molecular flexibility index (Phi) is 5.07. The van der Waals surface area contributed by atoms with Gasteiger partial charge in [-0.3, -0.25) is 4.79 Å². The smallest absolute Gasteiger partial charge is 0.320 e. The van der Waals surface area contributed by atoms with Gasteiger partial charge in [0.25, 0.3) is 0 Å². The van der Waals surface area contributed by atoms with Crippen LogP contribution in [0.4, 0.5) is 0 Å². The molecule has 0 radical (unpaired) electrons. The highest BCUT2D eigenvalue weighted by molar-refractivity contribution is 7.92. The van der Waals surface area contributed by atoms with Crippen molar-refractivity contribution in [2.75, 3.05) is 18.6 Å². The second-order valence-electron chi connectivity index (χ2n) is 2.43. The van der Waals surface area contributed by atoms with E-state index in [2.05, 4.69) is 4.74 Å². The Balaban J connectivity index is 3.96. The molecule has 0 N–H and O–H groups in total. The first-order valence-corrected chi connectivity index (χ1v) is 5.48. The molecule has 0 spiro atoms. The maximum absolute atomic E-state index is 11.1. The van der Waals surface area contributed by atoms with Crippen molar-refractivity contribution in [3.05, 3.63) is 0 Å². The summed E-state index contributed by atoms with van der Waals surface area (Å²) in [6.45, 7) is 0. The van der Waals surface area contributed by atoms with Crippen LogP contribution in [-0.4, -0.2) is 33.0 Å². The van der Waals surface area contributed by atoms with Gasteiger partial charge in [0.1, 0.15) is 5.75 Å². The summed E-state index contributed by atoms with van der Waals surface area (Å²) < 4.78 is 26.3. The predicted molar refractivity (Wildman–Crippen MR) is 45.5 cm³/mol. The number of nitrogens with zero attached hydrogens (tertiary/aromatic N) is 1. The van der Waals surface area contributed by atoms with Crippen LogP contribution in [0.5, 0.6) is 0 Å². The number of ether oxygens (including phenoxy) is 1. The van der Waals surface area contributed by atoms with Crippen LogP contribution in [0.1, 0.15) is 12.8 Å². The SMILES string of the molecule is COC(=O)CS(=O)(=O)CCCC#N. The van der Waals surface area contributed by atoms with Crippen molar-refractivity contribution in [1.82, 2.24) is 0 Å². The molecule has 74 valence electrons. The van der Waals surface area contributed by atoms with Crippen LogP contribution in [0.25, 0.3) is 0 Å². The van der Waals surface area contributed by atoms with E-state index in [1.165, 1.54) is 0 Å². The van der Waals surface area contributed by atoms with E-state index in [1.54, 1.807) is 0 Å². The second kappa shape index (κ2) is 5.54. The minimum atomic E-state index is -3.39. The zero-order valence-electron chi connectivity index (χ0n) is 7.32. The summed E-state index contributed by atoms with van der Waals surface area (Å²) in [5.41, 5.74) is 0. The van der Waals surface area contributed by atoms with Gasteiger partial charge in [0.05, 0.1) is 18.9 Å². The number of carbonyl (C=O) groups is 1. The van der Waals surface area contributed by atoms with E-state index < -0.39 is 21.6 Å². The summed E-state index contributed by atoms with van der Waals surface area (Å²) >= 11 is 0. The van der Waals surface area contributed by atoms with E-state index in [-0.39, 0.29) is 18.6 Å². The van der Waals surface area contributed by atoms with Crippen LogP contribution in [0.3, 0.4) is 0 Å². The van der Waals surface area contributed by atoms with Crippen LogP contribution >= 0.6 is 0 Å². The van der Waals surface area contributed by atoms with Crippen molar-refractivity contribution in [3.8, 4) is 6.07 Å². The highest BCUT2D eigenvalue weighted by atomic mass is 32.2. The lowest BCUT2D eigenvalue weighted by atomic mass is 10.4. The lowest BCUT2D eigenvalue weighted by Gasteiger charge is -2.00. The van der Waals surface area contributed by atoms with Crippen molar-refractivity contribution in [2.24, 2.45) is 0 Å². The number of nitriles is 1. The van der Waals surface area contributed by atoms with E-state index in [0.29, 0.717) is 0 Å². The van der Waals surface area contributed by atoms with Crippen LogP contribution in [0.15, 0.2) is 0 Å². The highest BCUT2D eigenvalue weighted by Crippen LogP contribution is 1.97. The van der Waals surface area contributed by atoms with Crippen molar-refractivity contribution in [1.29, 1.82) is 5.26 Å².